The molecule has 1 heterocycles. The molecule has 0 radical (unpaired) electrons. The molecule has 1 saturated carbocycles. The summed E-state index contributed by atoms with van der Waals surface area (Å²) in [5, 5.41) is 12.2. The molecule has 2 amide bonds. The molecule has 0 spiro atoms. The van der Waals surface area contributed by atoms with Gasteiger partial charge in [-0.05, 0) is 55.5 Å². The second-order valence-corrected chi connectivity index (χ2v) is 8.48. The van der Waals surface area contributed by atoms with Crippen molar-refractivity contribution in [3.05, 3.63) is 58.6 Å². The Morgan fingerprint density at radius 2 is 1.97 bits per heavy atom. The zero-order chi connectivity index (χ0) is 22.0. The molecular weight excluding hydrogens is 414 g/mol. The summed E-state index contributed by atoms with van der Waals surface area (Å²) in [7, 11) is 1.54. The zero-order valence-corrected chi connectivity index (χ0v) is 18.1. The Balaban J connectivity index is 1.63. The van der Waals surface area contributed by atoms with Gasteiger partial charge in [0.15, 0.2) is 0 Å². The molecule has 4 rings (SSSR count). The van der Waals surface area contributed by atoms with Gasteiger partial charge in [-0.1, -0.05) is 36.6 Å². The number of carbonyl (C=O) groups is 2. The third-order valence-corrected chi connectivity index (χ3v) is 6.63. The van der Waals surface area contributed by atoms with Crippen LogP contribution in [0.1, 0.15) is 48.0 Å². The Kier molecular flexibility index (Phi) is 6.15. The minimum atomic E-state index is -0.570. The van der Waals surface area contributed by atoms with E-state index in [4.69, 9.17) is 21.6 Å². The third-order valence-electron chi connectivity index (χ3n) is 6.32. The first kappa shape index (κ1) is 21.2. The number of carbonyl (C=O) groups excluding carboxylic acids is 2. The first-order valence-electron chi connectivity index (χ1n) is 10.5. The van der Waals surface area contributed by atoms with E-state index in [0.717, 1.165) is 25.7 Å². The van der Waals surface area contributed by atoms with Crippen LogP contribution in [-0.4, -0.2) is 35.9 Å². The topological polar surface area (TPSA) is 82.4 Å². The first-order chi connectivity index (χ1) is 15.0. The second kappa shape index (κ2) is 8.99. The lowest BCUT2D eigenvalue weighted by atomic mass is 9.84. The summed E-state index contributed by atoms with van der Waals surface area (Å²) in [6.45, 7) is 0. The Bertz CT molecular complexity index is 1050. The average Bonchev–Trinajstić information content (AvgIpc) is 3.18. The van der Waals surface area contributed by atoms with Gasteiger partial charge < -0.3 is 15.0 Å². The predicted molar refractivity (Wildman–Crippen MR) is 118 cm³/mol. The number of hydrogen-bond acceptors (Lipinski definition) is 4. The first-order valence-corrected chi connectivity index (χ1v) is 10.9. The van der Waals surface area contributed by atoms with Gasteiger partial charge in [0.25, 0.3) is 5.91 Å². The summed E-state index contributed by atoms with van der Waals surface area (Å²) in [6, 6.07) is 13.4. The van der Waals surface area contributed by atoms with Gasteiger partial charge in [-0.15, -0.1) is 0 Å². The van der Waals surface area contributed by atoms with Crippen LogP contribution in [0.2, 0.25) is 5.02 Å². The van der Waals surface area contributed by atoms with Crippen LogP contribution in [-0.2, 0) is 4.79 Å². The molecule has 2 aliphatic rings. The predicted octanol–water partition coefficient (Wildman–Crippen LogP) is 4.63. The van der Waals surface area contributed by atoms with E-state index in [1.165, 1.54) is 0 Å². The number of rotatable bonds is 4. The lowest BCUT2D eigenvalue weighted by molar-refractivity contribution is -0.120. The summed E-state index contributed by atoms with van der Waals surface area (Å²) in [5.41, 5.74) is 1.32. The minimum absolute atomic E-state index is 0.0477. The highest BCUT2D eigenvalue weighted by Crippen LogP contribution is 2.41. The van der Waals surface area contributed by atoms with E-state index in [1.807, 2.05) is 12.1 Å². The third kappa shape index (κ3) is 4.11. The number of nitrogens with one attached hydrogen (secondary N) is 1. The van der Waals surface area contributed by atoms with Crippen molar-refractivity contribution in [1.82, 2.24) is 4.90 Å². The maximum atomic E-state index is 13.6. The van der Waals surface area contributed by atoms with Crippen LogP contribution >= 0.6 is 11.6 Å². The standard InChI is InChI=1S/C24H24ClN3O3/c1-31-22-9-5-3-7-18(22)24(30)28-20-8-4-2-6-15(20)12-21(28)23(29)27-17-11-10-16(14-26)19(25)13-17/h3,5,7,9-11,13,15,20-21H,2,4,6,8,12H2,1H3,(H,27,29). The summed E-state index contributed by atoms with van der Waals surface area (Å²) in [4.78, 5) is 28.6. The largest absolute Gasteiger partial charge is 0.496 e. The average molecular weight is 438 g/mol. The van der Waals surface area contributed by atoms with Gasteiger partial charge in [0.2, 0.25) is 5.91 Å². The SMILES string of the molecule is COc1ccccc1C(=O)N1C(C(=O)Nc2ccc(C#N)c(Cl)c2)CC2CCCCC21. The van der Waals surface area contributed by atoms with Crippen molar-refractivity contribution < 1.29 is 14.3 Å². The van der Waals surface area contributed by atoms with Crippen LogP contribution in [0, 0.1) is 17.2 Å². The highest BCUT2D eigenvalue weighted by molar-refractivity contribution is 6.32. The number of methoxy groups -OCH3 is 1. The van der Waals surface area contributed by atoms with Crippen LogP contribution in [0.5, 0.6) is 5.75 Å². The van der Waals surface area contributed by atoms with E-state index in [2.05, 4.69) is 5.32 Å². The van der Waals surface area contributed by atoms with Gasteiger partial charge in [0, 0.05) is 11.7 Å². The number of fused-ring (bicyclic) bond motifs is 1. The normalized spacial score (nSPS) is 22.4. The highest BCUT2D eigenvalue weighted by atomic mass is 35.5. The van der Waals surface area contributed by atoms with E-state index >= 15 is 0 Å². The van der Waals surface area contributed by atoms with E-state index in [9.17, 15) is 9.59 Å². The number of hydrogen-bond donors (Lipinski definition) is 1. The van der Waals surface area contributed by atoms with E-state index in [0.29, 0.717) is 34.9 Å². The van der Waals surface area contributed by atoms with Gasteiger partial charge >= 0.3 is 0 Å². The number of nitriles is 1. The van der Waals surface area contributed by atoms with Crippen LogP contribution in [0.3, 0.4) is 0 Å². The number of nitrogens with zero attached hydrogens (tertiary/aromatic N) is 2. The van der Waals surface area contributed by atoms with Gasteiger partial charge in [-0.25, -0.2) is 0 Å². The molecule has 3 atom stereocenters. The van der Waals surface area contributed by atoms with Crippen molar-refractivity contribution in [3.8, 4) is 11.8 Å². The highest BCUT2D eigenvalue weighted by Gasteiger charge is 2.48. The van der Waals surface area contributed by atoms with Crippen LogP contribution in [0.25, 0.3) is 0 Å². The van der Waals surface area contributed by atoms with E-state index < -0.39 is 6.04 Å². The van der Waals surface area contributed by atoms with Gasteiger partial charge in [0.1, 0.15) is 17.9 Å². The maximum absolute atomic E-state index is 13.6. The fraction of sp³-hybridized carbons (Fsp3) is 0.375. The molecule has 2 fully saturated rings. The van der Waals surface area contributed by atoms with E-state index in [-0.39, 0.29) is 22.9 Å². The van der Waals surface area contributed by atoms with Gasteiger partial charge in [-0.2, -0.15) is 5.26 Å². The van der Waals surface area contributed by atoms with Crippen molar-refractivity contribution in [3.63, 3.8) is 0 Å². The summed E-state index contributed by atoms with van der Waals surface area (Å²) in [5.74, 6) is 0.404. The van der Waals surface area contributed by atoms with Crippen LogP contribution in [0.15, 0.2) is 42.5 Å². The Hall–Kier alpha value is -3.04. The molecule has 1 N–H and O–H groups in total. The van der Waals surface area contributed by atoms with Crippen molar-refractivity contribution in [2.75, 3.05) is 12.4 Å². The Labute approximate surface area is 186 Å². The lowest BCUT2D eigenvalue weighted by Crippen LogP contribution is -2.48. The van der Waals surface area contributed by atoms with Gasteiger partial charge in [-0.3, -0.25) is 9.59 Å². The van der Waals surface area contributed by atoms with Crippen LogP contribution < -0.4 is 10.1 Å². The molecule has 1 saturated heterocycles. The number of ether oxygens (including phenoxy) is 1. The molecule has 2 aromatic rings. The fourth-order valence-electron chi connectivity index (χ4n) is 4.86. The van der Waals surface area contributed by atoms with Crippen molar-refractivity contribution >= 4 is 29.1 Å². The monoisotopic (exact) mass is 437 g/mol. The number of halogens is 1. The quantitative estimate of drug-likeness (QED) is 0.755. The van der Waals surface area contributed by atoms with Gasteiger partial charge in [0.05, 0.1) is 23.3 Å². The Morgan fingerprint density at radius 1 is 1.19 bits per heavy atom. The Morgan fingerprint density at radius 3 is 2.71 bits per heavy atom. The molecule has 1 aliphatic heterocycles. The zero-order valence-electron chi connectivity index (χ0n) is 17.3. The molecule has 7 heteroatoms. The minimum Gasteiger partial charge on any atom is -0.496 e. The molecule has 160 valence electrons. The molecular formula is C24H24ClN3O3. The number of likely N-dealkylation sites (tertiary alicyclic amines) is 1. The molecule has 3 unspecified atom stereocenters. The smallest absolute Gasteiger partial charge is 0.258 e. The molecule has 31 heavy (non-hydrogen) atoms. The molecule has 6 nitrogen and oxygen atoms in total. The summed E-state index contributed by atoms with van der Waals surface area (Å²) in [6.07, 6.45) is 4.74. The van der Waals surface area contributed by atoms with Crippen molar-refractivity contribution in [2.45, 2.75) is 44.2 Å². The number of para-hydroxylation sites is 1. The van der Waals surface area contributed by atoms with Crippen LogP contribution in [0.4, 0.5) is 5.69 Å². The van der Waals surface area contributed by atoms with Crippen molar-refractivity contribution in [2.24, 2.45) is 5.92 Å². The number of benzene rings is 2. The lowest BCUT2D eigenvalue weighted by Gasteiger charge is -2.34. The molecule has 1 aliphatic carbocycles. The fourth-order valence-corrected chi connectivity index (χ4v) is 5.08. The summed E-state index contributed by atoms with van der Waals surface area (Å²) < 4.78 is 5.40. The molecule has 2 aromatic carbocycles. The maximum Gasteiger partial charge on any atom is 0.258 e. The number of amides is 2. The molecule has 0 aromatic heterocycles. The van der Waals surface area contributed by atoms with Crippen molar-refractivity contribution in [1.29, 1.82) is 5.26 Å². The number of anilines is 1. The van der Waals surface area contributed by atoms with E-state index in [1.54, 1.807) is 48.4 Å². The second-order valence-electron chi connectivity index (χ2n) is 8.07. The summed E-state index contributed by atoms with van der Waals surface area (Å²) >= 11 is 6.11. The molecule has 0 bridgehead atoms.